The second kappa shape index (κ2) is 60.4. The van der Waals surface area contributed by atoms with Crippen molar-refractivity contribution in [1.29, 1.82) is 0 Å². The lowest BCUT2D eigenvalue weighted by atomic mass is 10.1. The molecule has 1 atom stereocenters. The lowest BCUT2D eigenvalue weighted by Crippen LogP contribution is -2.30. The Bertz CT molecular complexity index is 1340. The molecular weight excluding hydrogens is 889 g/mol. The minimum atomic E-state index is -0.787. The van der Waals surface area contributed by atoms with Gasteiger partial charge in [0.15, 0.2) is 6.10 Å². The fourth-order valence-electron chi connectivity index (χ4n) is 8.71. The molecule has 0 radical (unpaired) electrons. The molecule has 0 aliphatic heterocycles. The first-order valence-corrected chi connectivity index (χ1v) is 30.9. The molecule has 0 aliphatic rings. The van der Waals surface area contributed by atoms with Gasteiger partial charge < -0.3 is 14.2 Å². The summed E-state index contributed by atoms with van der Waals surface area (Å²) in [7, 11) is 0. The normalized spacial score (nSPS) is 12.5. The fourth-order valence-corrected chi connectivity index (χ4v) is 8.71. The summed E-state index contributed by atoms with van der Waals surface area (Å²) in [5, 5.41) is 0. The maximum atomic E-state index is 12.9. The Morgan fingerprint density at radius 2 is 0.500 bits per heavy atom. The van der Waals surface area contributed by atoms with E-state index in [-0.39, 0.29) is 31.1 Å². The third-order valence-corrected chi connectivity index (χ3v) is 13.4. The number of unbranched alkanes of at least 4 members (excludes halogenated alkanes) is 33. The number of carbonyl (C=O) groups is 3. The van der Waals surface area contributed by atoms with E-state index in [0.29, 0.717) is 19.3 Å². The minimum absolute atomic E-state index is 0.0844. The molecule has 0 aliphatic carbocycles. The van der Waals surface area contributed by atoms with Crippen molar-refractivity contribution in [2.45, 2.75) is 316 Å². The van der Waals surface area contributed by atoms with Crippen molar-refractivity contribution >= 4 is 17.9 Å². The largest absolute Gasteiger partial charge is 0.462 e. The molecule has 0 saturated heterocycles. The average Bonchev–Trinajstić information content (AvgIpc) is 3.38. The van der Waals surface area contributed by atoms with E-state index < -0.39 is 6.10 Å². The fraction of sp³-hybridized carbons (Fsp3) is 0.773. The predicted molar refractivity (Wildman–Crippen MR) is 311 cm³/mol. The Balaban J connectivity index is 4.37. The first-order valence-electron chi connectivity index (χ1n) is 30.9. The quantitative estimate of drug-likeness (QED) is 0.0261. The summed E-state index contributed by atoms with van der Waals surface area (Å²) in [6.45, 7) is 6.60. The van der Waals surface area contributed by atoms with Gasteiger partial charge in [-0.15, -0.1) is 0 Å². The third kappa shape index (κ3) is 57.7. The molecule has 72 heavy (non-hydrogen) atoms. The summed E-state index contributed by atoms with van der Waals surface area (Å²) in [5.41, 5.74) is 0. The van der Waals surface area contributed by atoms with Crippen LogP contribution in [-0.2, 0) is 28.6 Å². The standard InChI is InChI=1S/C66H116O6/c1-4-7-10-13-16-19-22-25-28-30-31-32-33-34-35-37-38-41-44-47-50-53-56-59-65(68)71-62-63(61-70-64(67)58-55-52-49-46-43-40-27-24-21-18-15-12-9-6-3)72-66(69)60-57-54-51-48-45-42-39-36-29-26-23-20-17-14-11-8-5-2/h17,20,22,24-27,29-31,33-34,63H,4-16,18-19,21,23,28,32,35-62H2,1-3H3/b20-17-,25-22-,27-24-,29-26-,31-30-,34-33-. The van der Waals surface area contributed by atoms with Gasteiger partial charge >= 0.3 is 17.9 Å². The lowest BCUT2D eigenvalue weighted by molar-refractivity contribution is -0.167. The number of rotatable bonds is 56. The van der Waals surface area contributed by atoms with Gasteiger partial charge in [0.05, 0.1) is 0 Å². The van der Waals surface area contributed by atoms with E-state index in [0.717, 1.165) is 96.3 Å². The summed E-state index contributed by atoms with van der Waals surface area (Å²) in [6, 6.07) is 0. The number of esters is 3. The molecule has 0 aromatic carbocycles. The van der Waals surface area contributed by atoms with Gasteiger partial charge in [-0.1, -0.05) is 248 Å². The summed E-state index contributed by atoms with van der Waals surface area (Å²) in [6.07, 6.45) is 77.5. The van der Waals surface area contributed by atoms with Crippen LogP contribution in [0.3, 0.4) is 0 Å². The number of hydrogen-bond donors (Lipinski definition) is 0. The average molecular weight is 1010 g/mol. The van der Waals surface area contributed by atoms with Crippen LogP contribution in [0.4, 0.5) is 0 Å². The van der Waals surface area contributed by atoms with Crippen molar-refractivity contribution in [3.63, 3.8) is 0 Å². The number of carbonyl (C=O) groups excluding carboxylic acids is 3. The molecule has 0 fully saturated rings. The molecule has 6 nitrogen and oxygen atoms in total. The molecule has 1 unspecified atom stereocenters. The zero-order valence-corrected chi connectivity index (χ0v) is 47.7. The van der Waals surface area contributed by atoms with E-state index in [4.69, 9.17) is 14.2 Å². The summed E-state index contributed by atoms with van der Waals surface area (Å²) in [4.78, 5) is 38.2. The van der Waals surface area contributed by atoms with Crippen LogP contribution in [0.2, 0.25) is 0 Å². The minimum Gasteiger partial charge on any atom is -0.462 e. The van der Waals surface area contributed by atoms with Gasteiger partial charge in [0.2, 0.25) is 0 Å². The van der Waals surface area contributed by atoms with Crippen LogP contribution in [0.25, 0.3) is 0 Å². The van der Waals surface area contributed by atoms with Gasteiger partial charge in [0, 0.05) is 19.3 Å². The van der Waals surface area contributed by atoms with E-state index in [2.05, 4.69) is 93.7 Å². The van der Waals surface area contributed by atoms with E-state index in [1.54, 1.807) is 0 Å². The number of ether oxygens (including phenoxy) is 3. The van der Waals surface area contributed by atoms with E-state index >= 15 is 0 Å². The Kier molecular flexibility index (Phi) is 57.8. The highest BCUT2D eigenvalue weighted by molar-refractivity contribution is 5.71. The van der Waals surface area contributed by atoms with Gasteiger partial charge in [-0.2, -0.15) is 0 Å². The molecule has 0 aromatic heterocycles. The van der Waals surface area contributed by atoms with Crippen LogP contribution >= 0.6 is 0 Å². The summed E-state index contributed by atoms with van der Waals surface area (Å²) in [5.74, 6) is -0.896. The van der Waals surface area contributed by atoms with E-state index in [1.165, 1.54) is 173 Å². The van der Waals surface area contributed by atoms with Gasteiger partial charge in [-0.3, -0.25) is 14.4 Å². The van der Waals surface area contributed by atoms with Crippen molar-refractivity contribution in [2.75, 3.05) is 13.2 Å². The van der Waals surface area contributed by atoms with Gasteiger partial charge in [0.1, 0.15) is 13.2 Å². The molecule has 0 spiro atoms. The maximum absolute atomic E-state index is 12.9. The van der Waals surface area contributed by atoms with Crippen molar-refractivity contribution in [2.24, 2.45) is 0 Å². The molecule has 0 amide bonds. The van der Waals surface area contributed by atoms with E-state index in [9.17, 15) is 14.4 Å². The SMILES string of the molecule is CCCCC/C=C\C/C=C\CCCCCCCCCC(=O)OC(COC(=O)CCCCCCC/C=C\CCCCCCC)COC(=O)CCCCCCCCCC/C=C\C/C=C\C/C=C\CCCCCCC. The van der Waals surface area contributed by atoms with Crippen LogP contribution in [0.15, 0.2) is 72.9 Å². The highest BCUT2D eigenvalue weighted by Crippen LogP contribution is 2.15. The van der Waals surface area contributed by atoms with Gasteiger partial charge in [0.25, 0.3) is 0 Å². The Morgan fingerprint density at radius 3 is 0.819 bits per heavy atom. The maximum Gasteiger partial charge on any atom is 0.306 e. The van der Waals surface area contributed by atoms with Crippen LogP contribution in [-0.4, -0.2) is 37.2 Å². The van der Waals surface area contributed by atoms with Crippen LogP contribution in [0.1, 0.15) is 310 Å². The van der Waals surface area contributed by atoms with Crippen LogP contribution in [0, 0.1) is 0 Å². The molecule has 0 heterocycles. The monoisotopic (exact) mass is 1000 g/mol. The highest BCUT2D eigenvalue weighted by Gasteiger charge is 2.19. The van der Waals surface area contributed by atoms with Gasteiger partial charge in [-0.25, -0.2) is 0 Å². The molecule has 0 aromatic rings. The molecule has 0 rings (SSSR count). The summed E-state index contributed by atoms with van der Waals surface area (Å²) < 4.78 is 16.9. The Labute approximate surface area is 446 Å². The molecule has 0 N–H and O–H groups in total. The lowest BCUT2D eigenvalue weighted by Gasteiger charge is -2.18. The van der Waals surface area contributed by atoms with Crippen molar-refractivity contribution in [1.82, 2.24) is 0 Å². The number of allylic oxidation sites excluding steroid dienone is 12. The first kappa shape index (κ1) is 68.8. The zero-order valence-electron chi connectivity index (χ0n) is 47.7. The number of hydrogen-bond acceptors (Lipinski definition) is 6. The molecule has 6 heteroatoms. The smallest absolute Gasteiger partial charge is 0.306 e. The van der Waals surface area contributed by atoms with Crippen molar-refractivity contribution in [3.05, 3.63) is 72.9 Å². The predicted octanol–water partition coefficient (Wildman–Crippen LogP) is 20.9. The Hall–Kier alpha value is -3.15. The van der Waals surface area contributed by atoms with Crippen molar-refractivity contribution in [3.8, 4) is 0 Å². The molecule has 0 saturated carbocycles. The Morgan fingerprint density at radius 1 is 0.278 bits per heavy atom. The second-order valence-corrected chi connectivity index (χ2v) is 20.6. The third-order valence-electron chi connectivity index (χ3n) is 13.4. The zero-order chi connectivity index (χ0) is 52.2. The van der Waals surface area contributed by atoms with Crippen LogP contribution < -0.4 is 0 Å². The molecule has 416 valence electrons. The van der Waals surface area contributed by atoms with Crippen LogP contribution in [0.5, 0.6) is 0 Å². The van der Waals surface area contributed by atoms with E-state index in [1.807, 2.05) is 0 Å². The highest BCUT2D eigenvalue weighted by atomic mass is 16.6. The second-order valence-electron chi connectivity index (χ2n) is 20.6. The summed E-state index contributed by atoms with van der Waals surface area (Å²) >= 11 is 0. The molecular formula is C66H116O6. The topological polar surface area (TPSA) is 78.9 Å². The van der Waals surface area contributed by atoms with Gasteiger partial charge in [-0.05, 0) is 116 Å². The molecule has 0 bridgehead atoms. The first-order chi connectivity index (χ1) is 35.5. The van der Waals surface area contributed by atoms with Crippen molar-refractivity contribution < 1.29 is 28.6 Å².